The van der Waals surface area contributed by atoms with E-state index in [9.17, 15) is 5.11 Å². The maximum absolute atomic E-state index is 10.2. The first-order chi connectivity index (χ1) is 6.81. The summed E-state index contributed by atoms with van der Waals surface area (Å²) in [6.45, 7) is 4.49. The maximum atomic E-state index is 10.2. The third kappa shape index (κ3) is 9.79. The highest BCUT2D eigenvalue weighted by atomic mass is 16.2. The van der Waals surface area contributed by atoms with E-state index in [1.54, 1.807) is 0 Å². The molecular formula is C13H25O. The van der Waals surface area contributed by atoms with Gasteiger partial charge in [0, 0.05) is 0 Å². The van der Waals surface area contributed by atoms with Crippen LogP contribution in [0.15, 0.2) is 12.2 Å². The van der Waals surface area contributed by atoms with Gasteiger partial charge in [0.2, 0.25) is 0 Å². The molecule has 1 nitrogen and oxygen atoms in total. The van der Waals surface area contributed by atoms with Crippen molar-refractivity contribution < 1.29 is 5.11 Å². The lowest BCUT2D eigenvalue weighted by Gasteiger charge is -2.09. The van der Waals surface area contributed by atoms with E-state index in [0.717, 1.165) is 18.8 Å². The van der Waals surface area contributed by atoms with Gasteiger partial charge in [-0.3, -0.25) is 0 Å². The van der Waals surface area contributed by atoms with E-state index in [2.05, 4.69) is 26.0 Å². The highest BCUT2D eigenvalue weighted by Gasteiger charge is 2.00. The van der Waals surface area contributed by atoms with Crippen LogP contribution in [0, 0.1) is 5.92 Å². The van der Waals surface area contributed by atoms with Crippen molar-refractivity contribution in [2.45, 2.75) is 58.8 Å². The summed E-state index contributed by atoms with van der Waals surface area (Å²) in [4.78, 5) is 0. The summed E-state index contributed by atoms with van der Waals surface area (Å²) in [6.07, 6.45) is 12.8. The first kappa shape index (κ1) is 13.7. The Kier molecular flexibility index (Phi) is 10.5. The fourth-order valence-corrected chi connectivity index (χ4v) is 1.66. The standard InChI is InChI=1S/C13H25O/c1-3-4-5-6-7-10-13(2)11-8-9-12-14/h3-4,13H,5-12H2,1-2H3. The van der Waals surface area contributed by atoms with E-state index in [4.69, 9.17) is 0 Å². The van der Waals surface area contributed by atoms with Crippen LogP contribution in [0.4, 0.5) is 0 Å². The first-order valence-corrected chi connectivity index (χ1v) is 6.00. The number of hydrogen-bond donors (Lipinski definition) is 0. The van der Waals surface area contributed by atoms with E-state index in [1.807, 2.05) is 0 Å². The summed E-state index contributed by atoms with van der Waals surface area (Å²) in [5.74, 6) is 0.812. The number of hydrogen-bond acceptors (Lipinski definition) is 0. The third-order valence-corrected chi connectivity index (χ3v) is 2.64. The molecule has 0 spiro atoms. The van der Waals surface area contributed by atoms with Crippen LogP contribution in [0.2, 0.25) is 0 Å². The van der Waals surface area contributed by atoms with Crippen LogP contribution in [0.1, 0.15) is 58.8 Å². The molecule has 0 aromatic heterocycles. The normalized spacial score (nSPS) is 13.6. The quantitative estimate of drug-likeness (QED) is 0.386. The van der Waals surface area contributed by atoms with Gasteiger partial charge in [0.15, 0.2) is 0 Å². The molecule has 0 aromatic rings. The van der Waals surface area contributed by atoms with Gasteiger partial charge in [0.1, 0.15) is 0 Å². The van der Waals surface area contributed by atoms with E-state index < -0.39 is 0 Å². The molecule has 0 N–H and O–H groups in total. The highest BCUT2D eigenvalue weighted by Crippen LogP contribution is 2.15. The van der Waals surface area contributed by atoms with Crippen molar-refractivity contribution in [1.29, 1.82) is 0 Å². The molecule has 83 valence electrons. The average Bonchev–Trinajstić information content (AvgIpc) is 2.18. The van der Waals surface area contributed by atoms with Gasteiger partial charge in [-0.1, -0.05) is 44.8 Å². The van der Waals surface area contributed by atoms with Gasteiger partial charge in [0.05, 0.1) is 6.61 Å². The van der Waals surface area contributed by atoms with Crippen LogP contribution in [0.5, 0.6) is 0 Å². The van der Waals surface area contributed by atoms with Crippen molar-refractivity contribution in [1.82, 2.24) is 0 Å². The maximum Gasteiger partial charge on any atom is 0.0822 e. The minimum Gasteiger partial charge on any atom is -0.237 e. The zero-order valence-corrected chi connectivity index (χ0v) is 9.80. The van der Waals surface area contributed by atoms with Gasteiger partial charge in [-0.05, 0) is 32.1 Å². The highest BCUT2D eigenvalue weighted by molar-refractivity contribution is 4.76. The van der Waals surface area contributed by atoms with Gasteiger partial charge in [0.25, 0.3) is 0 Å². The van der Waals surface area contributed by atoms with Gasteiger partial charge >= 0.3 is 0 Å². The molecule has 0 fully saturated rings. The molecule has 0 amide bonds. The molecule has 1 radical (unpaired) electrons. The lowest BCUT2D eigenvalue weighted by atomic mass is 9.97. The molecule has 0 aromatic carbocycles. The minimum absolute atomic E-state index is 0.105. The van der Waals surface area contributed by atoms with Gasteiger partial charge in [-0.15, -0.1) is 0 Å². The Morgan fingerprint density at radius 3 is 2.29 bits per heavy atom. The fraction of sp³-hybridized carbons (Fsp3) is 0.846. The van der Waals surface area contributed by atoms with Crippen LogP contribution >= 0.6 is 0 Å². The Bertz CT molecular complexity index is 129. The zero-order valence-electron chi connectivity index (χ0n) is 9.80. The molecule has 0 heterocycles. The third-order valence-electron chi connectivity index (χ3n) is 2.64. The topological polar surface area (TPSA) is 19.9 Å². The van der Waals surface area contributed by atoms with Crippen molar-refractivity contribution in [3.05, 3.63) is 12.2 Å². The van der Waals surface area contributed by atoms with Gasteiger partial charge < -0.3 is 0 Å². The molecule has 0 bridgehead atoms. The van der Waals surface area contributed by atoms with E-state index in [1.165, 1.54) is 32.1 Å². The largest absolute Gasteiger partial charge is 0.237 e. The summed E-state index contributed by atoms with van der Waals surface area (Å²) in [5.41, 5.74) is 0. The molecule has 0 rings (SSSR count). The zero-order chi connectivity index (χ0) is 10.6. The van der Waals surface area contributed by atoms with Crippen LogP contribution in [-0.2, 0) is 5.11 Å². The van der Waals surface area contributed by atoms with Crippen molar-refractivity contribution in [3.63, 3.8) is 0 Å². The Hall–Kier alpha value is -0.300. The van der Waals surface area contributed by atoms with Crippen LogP contribution in [0.25, 0.3) is 0 Å². The summed E-state index contributed by atoms with van der Waals surface area (Å²) >= 11 is 0. The summed E-state index contributed by atoms with van der Waals surface area (Å²) in [6, 6.07) is 0. The Morgan fingerprint density at radius 1 is 1.07 bits per heavy atom. The second-order valence-corrected chi connectivity index (χ2v) is 4.16. The Labute approximate surface area is 89.2 Å². The second kappa shape index (κ2) is 10.8. The molecule has 0 aliphatic carbocycles. The molecule has 14 heavy (non-hydrogen) atoms. The fourth-order valence-electron chi connectivity index (χ4n) is 1.66. The van der Waals surface area contributed by atoms with E-state index >= 15 is 0 Å². The van der Waals surface area contributed by atoms with Crippen LogP contribution in [-0.4, -0.2) is 6.61 Å². The molecule has 0 aliphatic rings. The average molecular weight is 197 g/mol. The lowest BCUT2D eigenvalue weighted by molar-refractivity contribution is 0.184. The monoisotopic (exact) mass is 197 g/mol. The predicted molar refractivity (Wildman–Crippen MR) is 61.9 cm³/mol. The SMILES string of the molecule is CC=CCCCCC(C)CCCC[O]. The summed E-state index contributed by atoms with van der Waals surface area (Å²) < 4.78 is 0. The number of rotatable bonds is 9. The Balaban J connectivity index is 3.13. The molecular weight excluding hydrogens is 172 g/mol. The van der Waals surface area contributed by atoms with Crippen molar-refractivity contribution in [2.75, 3.05) is 6.61 Å². The lowest BCUT2D eigenvalue weighted by Crippen LogP contribution is -1.95. The molecule has 1 unspecified atom stereocenters. The van der Waals surface area contributed by atoms with Crippen molar-refractivity contribution in [2.24, 2.45) is 5.92 Å². The number of allylic oxidation sites excluding steroid dienone is 2. The minimum atomic E-state index is 0.105. The van der Waals surface area contributed by atoms with Gasteiger partial charge in [-0.25, -0.2) is 5.11 Å². The second-order valence-electron chi connectivity index (χ2n) is 4.16. The number of unbranched alkanes of at least 4 members (excludes halogenated alkanes) is 3. The van der Waals surface area contributed by atoms with Crippen LogP contribution < -0.4 is 0 Å². The summed E-state index contributed by atoms with van der Waals surface area (Å²) in [5, 5.41) is 10.2. The molecule has 1 heteroatoms. The predicted octanol–water partition coefficient (Wildman–Crippen LogP) is 4.36. The molecule has 0 saturated heterocycles. The smallest absolute Gasteiger partial charge is 0.0822 e. The Morgan fingerprint density at radius 2 is 1.71 bits per heavy atom. The van der Waals surface area contributed by atoms with E-state index in [-0.39, 0.29) is 6.61 Å². The van der Waals surface area contributed by atoms with Gasteiger partial charge in [-0.2, -0.15) is 0 Å². The molecule has 0 saturated carbocycles. The van der Waals surface area contributed by atoms with Crippen molar-refractivity contribution >= 4 is 0 Å². The molecule has 1 atom stereocenters. The van der Waals surface area contributed by atoms with Crippen LogP contribution in [0.3, 0.4) is 0 Å². The van der Waals surface area contributed by atoms with Crippen molar-refractivity contribution in [3.8, 4) is 0 Å². The molecule has 0 aliphatic heterocycles. The first-order valence-electron chi connectivity index (χ1n) is 6.00. The van der Waals surface area contributed by atoms with E-state index in [0.29, 0.717) is 0 Å². The summed E-state index contributed by atoms with van der Waals surface area (Å²) in [7, 11) is 0.